The molecule has 0 bridgehead atoms. The van der Waals surface area contributed by atoms with Crippen LogP contribution in [-0.4, -0.2) is 44.8 Å². The van der Waals surface area contributed by atoms with E-state index in [1.54, 1.807) is 0 Å². The van der Waals surface area contributed by atoms with Gasteiger partial charge in [0.2, 0.25) is 0 Å². The van der Waals surface area contributed by atoms with Gasteiger partial charge in [0.15, 0.2) is 0 Å². The number of nitrogens with zero attached hydrogens (tertiary/aromatic N) is 4. The molecule has 0 saturated heterocycles. The molecular weight excluding hydrogens is 793 g/mol. The molecule has 2 fully saturated rings. The monoisotopic (exact) mass is 852 g/mol. The van der Waals surface area contributed by atoms with Gasteiger partial charge in [-0.2, -0.15) is 4.99 Å². The van der Waals surface area contributed by atoms with Crippen molar-refractivity contribution in [3.05, 3.63) is 158 Å². The van der Waals surface area contributed by atoms with E-state index in [1.807, 2.05) is 12.3 Å². The Labute approximate surface area is 378 Å². The normalized spacial score (nSPS) is 25.2. The van der Waals surface area contributed by atoms with E-state index < -0.39 is 6.03 Å². The molecule has 4 aliphatic carbocycles. The molecule has 0 radical (unpaired) electrons. The van der Waals surface area contributed by atoms with Crippen LogP contribution in [0.2, 0.25) is 0 Å². The highest BCUT2D eigenvalue weighted by molar-refractivity contribution is 6.35. The Hall–Kier alpha value is -5.76. The van der Waals surface area contributed by atoms with Gasteiger partial charge in [0.25, 0.3) is 17.7 Å². The van der Waals surface area contributed by atoms with E-state index in [4.69, 9.17) is 4.98 Å². The maximum absolute atomic E-state index is 12.2. The molecule has 1 aromatic heterocycles. The van der Waals surface area contributed by atoms with Crippen LogP contribution < -0.4 is 0 Å². The number of aliphatic imine (C=N–C) groups is 1. The summed E-state index contributed by atoms with van der Waals surface area (Å²) in [7, 11) is 0. The first-order valence-corrected chi connectivity index (χ1v) is 23.3. The third-order valence-corrected chi connectivity index (χ3v) is 16.5. The van der Waals surface area contributed by atoms with Crippen LogP contribution >= 0.6 is 0 Å². The second kappa shape index (κ2) is 14.4. The number of aryl methyl sites for hydroxylation is 2. The Kier molecular flexibility index (Phi) is 9.48. The fourth-order valence-corrected chi connectivity index (χ4v) is 11.8. The van der Waals surface area contributed by atoms with Crippen molar-refractivity contribution in [3.8, 4) is 0 Å². The van der Waals surface area contributed by atoms with Gasteiger partial charge in [-0.3, -0.25) is 29.2 Å². The summed E-state index contributed by atoms with van der Waals surface area (Å²) in [6, 6.07) is 22.3. The summed E-state index contributed by atoms with van der Waals surface area (Å²) >= 11 is 0. The Morgan fingerprint density at radius 2 is 1.17 bits per heavy atom. The van der Waals surface area contributed by atoms with Crippen molar-refractivity contribution in [1.82, 2.24) is 14.8 Å². The zero-order chi connectivity index (χ0) is 45.2. The lowest BCUT2D eigenvalue weighted by Crippen LogP contribution is -2.39. The second-order valence-corrected chi connectivity index (χ2v) is 21.8. The Balaban J connectivity index is 0.928. The van der Waals surface area contributed by atoms with Gasteiger partial charge in [-0.15, -0.1) is 0 Å². The Bertz CT molecular complexity index is 2730. The van der Waals surface area contributed by atoms with Crippen molar-refractivity contribution in [2.24, 2.45) is 4.99 Å². The number of benzene rings is 3. The summed E-state index contributed by atoms with van der Waals surface area (Å²) in [5, 5.41) is 0. The molecule has 64 heavy (non-hydrogen) atoms. The summed E-state index contributed by atoms with van der Waals surface area (Å²) in [5.41, 5.74) is 15.1. The molecule has 2 atom stereocenters. The van der Waals surface area contributed by atoms with E-state index in [0.29, 0.717) is 0 Å². The molecule has 2 saturated carbocycles. The molecule has 4 aromatic rings. The minimum atomic E-state index is -0.498. The summed E-state index contributed by atoms with van der Waals surface area (Å²) in [5.74, 6) is -0.914. The largest absolute Gasteiger partial charge is 0.350 e. The lowest BCUT2D eigenvalue weighted by molar-refractivity contribution is -0.137. The quantitative estimate of drug-likeness (QED) is 0.111. The van der Waals surface area contributed by atoms with E-state index >= 15 is 0 Å². The van der Waals surface area contributed by atoms with Gasteiger partial charge in [-0.05, 0) is 143 Å². The molecule has 3 aromatic carbocycles. The third-order valence-electron chi connectivity index (χ3n) is 16.5. The van der Waals surface area contributed by atoms with Crippen LogP contribution in [-0.2, 0) is 60.0 Å². The minimum absolute atomic E-state index is 0.00481. The van der Waals surface area contributed by atoms with Crippen LogP contribution in [0.15, 0.2) is 96.2 Å². The Morgan fingerprint density at radius 1 is 0.562 bits per heavy atom. The maximum atomic E-state index is 12.2. The number of carbonyl (C=O) groups excluding carboxylic acids is 4. The number of pyridine rings is 1. The summed E-state index contributed by atoms with van der Waals surface area (Å²) in [4.78, 5) is 59.8. The zero-order valence-electron chi connectivity index (χ0n) is 38.7. The van der Waals surface area contributed by atoms with Gasteiger partial charge in [0.1, 0.15) is 0 Å². The average molecular weight is 853 g/mol. The van der Waals surface area contributed by atoms with Crippen LogP contribution in [0.4, 0.5) is 4.79 Å². The first-order chi connectivity index (χ1) is 30.3. The van der Waals surface area contributed by atoms with Crippen molar-refractivity contribution < 1.29 is 19.2 Å². The van der Waals surface area contributed by atoms with Gasteiger partial charge in [0.05, 0.1) is 25.0 Å². The summed E-state index contributed by atoms with van der Waals surface area (Å²) in [6.45, 7) is 19.6. The van der Waals surface area contributed by atoms with Crippen LogP contribution in [0.3, 0.4) is 0 Å². The number of amides is 5. The van der Waals surface area contributed by atoms with Crippen molar-refractivity contribution in [2.45, 2.75) is 152 Å². The molecule has 0 N–H and O–H groups in total. The highest BCUT2D eigenvalue weighted by atomic mass is 16.2. The number of rotatable bonds is 11. The van der Waals surface area contributed by atoms with E-state index in [1.165, 1.54) is 72.0 Å². The summed E-state index contributed by atoms with van der Waals surface area (Å²) < 4.78 is 0. The highest BCUT2D eigenvalue weighted by Gasteiger charge is 2.51. The van der Waals surface area contributed by atoms with Gasteiger partial charge in [0, 0.05) is 40.0 Å². The second-order valence-electron chi connectivity index (χ2n) is 21.8. The summed E-state index contributed by atoms with van der Waals surface area (Å²) in [6.07, 6.45) is 19.2. The van der Waals surface area contributed by atoms with Crippen molar-refractivity contribution in [3.63, 3.8) is 0 Å². The minimum Gasteiger partial charge on any atom is -0.271 e. The molecule has 6 aliphatic rings. The number of aromatic nitrogens is 1. The predicted molar refractivity (Wildman–Crippen MR) is 251 cm³/mol. The van der Waals surface area contributed by atoms with E-state index in [9.17, 15) is 19.2 Å². The van der Waals surface area contributed by atoms with E-state index in [-0.39, 0.29) is 63.3 Å². The number of allylic oxidation sites excluding steroid dienone is 2. The number of hydrogen-bond acceptors (Lipinski definition) is 5. The standard InChI is InChI=1S/C56H60N4O4/c1-35-27-42-45(30-40(35)55(23-24-55)39-12-9-37(10-13-39)33-60-49(63)32-58-50(60)64)54(8,20-17-51(42,3)4)22-21-53(7)19-18-52(5,6)43-29-41(36(2)28-44(43)53)56(25-26-56)46-14-11-38(31-57-46)34-59-47(61)15-16-48(59)62/h9-16,18-19,27-32H,17,20-26,33-34H2,1-8H3. The fraction of sp³-hybridized carbons (Fsp3) is 0.429. The van der Waals surface area contributed by atoms with Crippen molar-refractivity contribution in [2.75, 3.05) is 0 Å². The van der Waals surface area contributed by atoms with Crippen LogP contribution in [0, 0.1) is 13.8 Å². The molecule has 3 heterocycles. The Morgan fingerprint density at radius 3 is 1.78 bits per heavy atom. The molecule has 8 heteroatoms. The van der Waals surface area contributed by atoms with Crippen LogP contribution in [0.25, 0.3) is 0 Å². The predicted octanol–water partition coefficient (Wildman–Crippen LogP) is 10.7. The van der Waals surface area contributed by atoms with Crippen LogP contribution in [0.1, 0.15) is 160 Å². The molecule has 328 valence electrons. The number of imide groups is 2. The van der Waals surface area contributed by atoms with Crippen molar-refractivity contribution in [1.29, 1.82) is 0 Å². The molecule has 0 spiro atoms. The van der Waals surface area contributed by atoms with Crippen molar-refractivity contribution >= 4 is 30.0 Å². The first-order valence-electron chi connectivity index (χ1n) is 23.3. The SMILES string of the molecule is Cc1cc2c(cc1C1(c3ccc(CN4C(=O)C=NC4=O)cc3)CC1)C(C)(CCC1(C)C=CC(C)(C)c3cc(C4(c5ccc(CN6C(=O)C=CC6=O)cn5)CC4)c(C)cc31)CCC2(C)C. The number of hydrogen-bond donors (Lipinski definition) is 0. The maximum Gasteiger partial charge on any atom is 0.350 e. The van der Waals surface area contributed by atoms with Gasteiger partial charge >= 0.3 is 6.03 Å². The van der Waals surface area contributed by atoms with E-state index in [2.05, 4.69) is 127 Å². The highest BCUT2D eigenvalue weighted by Crippen LogP contribution is 2.59. The molecule has 5 amide bonds. The smallest absolute Gasteiger partial charge is 0.271 e. The fourth-order valence-electron chi connectivity index (χ4n) is 11.8. The molecule has 2 aliphatic heterocycles. The zero-order valence-corrected chi connectivity index (χ0v) is 38.7. The average Bonchev–Trinajstić information content (AvgIpc) is 4.20. The number of fused-ring (bicyclic) bond motifs is 2. The lowest BCUT2D eigenvalue weighted by atomic mass is 9.57. The molecule has 8 nitrogen and oxygen atoms in total. The molecular formula is C56H60N4O4. The van der Waals surface area contributed by atoms with E-state index in [0.717, 1.165) is 74.4 Å². The molecule has 10 rings (SSSR count). The topological polar surface area (TPSA) is 100 Å². The van der Waals surface area contributed by atoms with Crippen LogP contribution in [0.5, 0.6) is 0 Å². The lowest BCUT2D eigenvalue weighted by Gasteiger charge is -2.47. The van der Waals surface area contributed by atoms with Gasteiger partial charge < -0.3 is 0 Å². The first kappa shape index (κ1) is 42.2. The number of urea groups is 1. The van der Waals surface area contributed by atoms with Gasteiger partial charge in [-0.1, -0.05) is 108 Å². The third kappa shape index (κ3) is 6.77. The number of carbonyl (C=O) groups is 4. The van der Waals surface area contributed by atoms with Gasteiger partial charge in [-0.25, -0.2) is 4.79 Å². The molecule has 2 unspecified atom stereocenters.